The van der Waals surface area contributed by atoms with Crippen molar-refractivity contribution in [2.24, 2.45) is 0 Å². The van der Waals surface area contributed by atoms with E-state index in [0.29, 0.717) is 6.54 Å². The number of rotatable bonds is 4. The van der Waals surface area contributed by atoms with Crippen LogP contribution in [0.4, 0.5) is 0 Å². The average molecular weight is 254 g/mol. The van der Waals surface area contributed by atoms with Gasteiger partial charge < -0.3 is 4.90 Å². The zero-order valence-electron chi connectivity index (χ0n) is 11.3. The second-order valence-corrected chi connectivity index (χ2v) is 4.66. The first-order valence-electron chi connectivity index (χ1n) is 6.39. The number of nitrogens with zero attached hydrogens (tertiary/aromatic N) is 2. The predicted octanol–water partition coefficient (Wildman–Crippen LogP) is 2.70. The van der Waals surface area contributed by atoms with E-state index >= 15 is 0 Å². The summed E-state index contributed by atoms with van der Waals surface area (Å²) in [6, 6.07) is 13.5. The summed E-state index contributed by atoms with van der Waals surface area (Å²) in [5, 5.41) is 0. The van der Waals surface area contributed by atoms with Gasteiger partial charge in [0.1, 0.15) is 0 Å². The van der Waals surface area contributed by atoms with Crippen LogP contribution in [0.15, 0.2) is 48.7 Å². The van der Waals surface area contributed by atoms with Crippen LogP contribution < -0.4 is 0 Å². The number of amides is 1. The van der Waals surface area contributed by atoms with Crippen molar-refractivity contribution in [2.75, 3.05) is 13.6 Å². The van der Waals surface area contributed by atoms with Crippen LogP contribution in [0.1, 0.15) is 21.6 Å². The number of carbonyl (C=O) groups is 1. The number of likely N-dealkylation sites (N-methyl/N-ethyl adjacent to an activating group) is 1. The molecule has 0 aliphatic carbocycles. The first-order chi connectivity index (χ1) is 9.16. The lowest BCUT2D eigenvalue weighted by atomic mass is 10.1. The highest BCUT2D eigenvalue weighted by Crippen LogP contribution is 2.07. The van der Waals surface area contributed by atoms with E-state index < -0.39 is 0 Å². The van der Waals surface area contributed by atoms with Crippen LogP contribution in [0.25, 0.3) is 0 Å². The summed E-state index contributed by atoms with van der Waals surface area (Å²) < 4.78 is 0. The maximum absolute atomic E-state index is 12.2. The highest BCUT2D eigenvalue weighted by molar-refractivity contribution is 5.94. The molecule has 0 fully saturated rings. The zero-order valence-corrected chi connectivity index (χ0v) is 11.3. The average Bonchev–Trinajstić information content (AvgIpc) is 2.46. The number of pyridine rings is 1. The molecule has 0 bridgehead atoms. The number of benzene rings is 1. The third-order valence-electron chi connectivity index (χ3n) is 3.07. The molecular formula is C16H18N2O. The number of aromatic nitrogens is 1. The molecule has 98 valence electrons. The van der Waals surface area contributed by atoms with Gasteiger partial charge in [-0.3, -0.25) is 9.78 Å². The molecular weight excluding hydrogens is 236 g/mol. The van der Waals surface area contributed by atoms with E-state index in [2.05, 4.69) is 4.98 Å². The lowest BCUT2D eigenvalue weighted by molar-refractivity contribution is 0.0796. The predicted molar refractivity (Wildman–Crippen MR) is 76.1 cm³/mol. The zero-order chi connectivity index (χ0) is 13.7. The van der Waals surface area contributed by atoms with Gasteiger partial charge in [-0.25, -0.2) is 0 Å². The molecule has 0 saturated carbocycles. The van der Waals surface area contributed by atoms with Gasteiger partial charge in [-0.05, 0) is 31.2 Å². The van der Waals surface area contributed by atoms with Crippen molar-refractivity contribution in [1.82, 2.24) is 9.88 Å². The van der Waals surface area contributed by atoms with Crippen molar-refractivity contribution >= 4 is 5.91 Å². The van der Waals surface area contributed by atoms with Crippen molar-refractivity contribution in [2.45, 2.75) is 13.3 Å². The van der Waals surface area contributed by atoms with Crippen LogP contribution in [-0.4, -0.2) is 29.4 Å². The quantitative estimate of drug-likeness (QED) is 0.840. The Labute approximate surface area is 113 Å². The Hall–Kier alpha value is -2.16. The van der Waals surface area contributed by atoms with E-state index in [1.54, 1.807) is 11.1 Å². The minimum absolute atomic E-state index is 0.0518. The Morgan fingerprint density at radius 2 is 1.89 bits per heavy atom. The second-order valence-electron chi connectivity index (χ2n) is 4.66. The maximum Gasteiger partial charge on any atom is 0.253 e. The molecule has 0 spiro atoms. The highest BCUT2D eigenvalue weighted by atomic mass is 16.2. The summed E-state index contributed by atoms with van der Waals surface area (Å²) in [5.41, 5.74) is 2.90. The third-order valence-corrected chi connectivity index (χ3v) is 3.07. The fourth-order valence-corrected chi connectivity index (χ4v) is 1.85. The minimum Gasteiger partial charge on any atom is -0.341 e. The number of aryl methyl sites for hydroxylation is 1. The van der Waals surface area contributed by atoms with Crippen LogP contribution >= 0.6 is 0 Å². The first-order valence-corrected chi connectivity index (χ1v) is 6.39. The van der Waals surface area contributed by atoms with E-state index in [0.717, 1.165) is 23.2 Å². The van der Waals surface area contributed by atoms with Crippen molar-refractivity contribution < 1.29 is 4.79 Å². The maximum atomic E-state index is 12.2. The van der Waals surface area contributed by atoms with Crippen LogP contribution in [-0.2, 0) is 6.42 Å². The molecule has 0 aliphatic heterocycles. The van der Waals surface area contributed by atoms with Gasteiger partial charge in [0, 0.05) is 37.5 Å². The van der Waals surface area contributed by atoms with Crippen LogP contribution in [0, 0.1) is 6.92 Å². The van der Waals surface area contributed by atoms with Crippen molar-refractivity contribution in [3.8, 4) is 0 Å². The molecule has 1 amide bonds. The van der Waals surface area contributed by atoms with Gasteiger partial charge in [0.15, 0.2) is 0 Å². The summed E-state index contributed by atoms with van der Waals surface area (Å²) in [5.74, 6) is 0.0518. The molecule has 0 aliphatic rings. The molecule has 2 rings (SSSR count). The highest BCUT2D eigenvalue weighted by Gasteiger charge is 2.11. The summed E-state index contributed by atoms with van der Waals surface area (Å²) in [6.45, 7) is 2.68. The van der Waals surface area contributed by atoms with E-state index in [9.17, 15) is 4.79 Å². The van der Waals surface area contributed by atoms with E-state index in [1.165, 1.54) is 0 Å². The lowest BCUT2D eigenvalue weighted by Gasteiger charge is -2.17. The Bertz CT molecular complexity index is 534. The molecule has 19 heavy (non-hydrogen) atoms. The summed E-state index contributed by atoms with van der Waals surface area (Å²) in [4.78, 5) is 18.2. The van der Waals surface area contributed by atoms with Gasteiger partial charge in [-0.15, -0.1) is 0 Å². The summed E-state index contributed by atoms with van der Waals surface area (Å²) >= 11 is 0. The molecule has 3 nitrogen and oxygen atoms in total. The Morgan fingerprint density at radius 1 is 1.16 bits per heavy atom. The second kappa shape index (κ2) is 6.14. The molecule has 1 heterocycles. The van der Waals surface area contributed by atoms with Gasteiger partial charge in [0.05, 0.1) is 0 Å². The molecule has 0 saturated heterocycles. The molecule has 3 heteroatoms. The normalized spacial score (nSPS) is 10.2. The largest absolute Gasteiger partial charge is 0.341 e. The molecule has 0 N–H and O–H groups in total. The molecule has 0 unspecified atom stereocenters. The first kappa shape index (κ1) is 13.3. The topological polar surface area (TPSA) is 33.2 Å². The third kappa shape index (κ3) is 3.65. The molecule has 0 atom stereocenters. The van der Waals surface area contributed by atoms with E-state index in [-0.39, 0.29) is 5.91 Å². The Morgan fingerprint density at radius 3 is 2.53 bits per heavy atom. The number of hydrogen-bond acceptors (Lipinski definition) is 2. The Kier molecular flexibility index (Phi) is 4.29. The van der Waals surface area contributed by atoms with Gasteiger partial charge in [-0.2, -0.15) is 0 Å². The van der Waals surface area contributed by atoms with E-state index in [4.69, 9.17) is 0 Å². The van der Waals surface area contributed by atoms with Gasteiger partial charge >= 0.3 is 0 Å². The SMILES string of the molecule is Cc1ccc(C(=O)N(C)CCc2ccccn2)cc1. The fraction of sp³-hybridized carbons (Fsp3) is 0.250. The van der Waals surface area contributed by atoms with Crippen molar-refractivity contribution in [3.63, 3.8) is 0 Å². The van der Waals surface area contributed by atoms with Gasteiger partial charge in [-0.1, -0.05) is 23.8 Å². The standard InChI is InChI=1S/C16H18N2O/c1-13-6-8-14(9-7-13)16(19)18(2)12-10-15-5-3-4-11-17-15/h3-9,11H,10,12H2,1-2H3. The van der Waals surface area contributed by atoms with Crippen molar-refractivity contribution in [1.29, 1.82) is 0 Å². The van der Waals surface area contributed by atoms with Crippen molar-refractivity contribution in [3.05, 3.63) is 65.5 Å². The molecule has 1 aromatic carbocycles. The fourth-order valence-electron chi connectivity index (χ4n) is 1.85. The Balaban J connectivity index is 1.94. The minimum atomic E-state index is 0.0518. The molecule has 0 radical (unpaired) electrons. The number of carbonyl (C=O) groups excluding carboxylic acids is 1. The van der Waals surface area contributed by atoms with Crippen LogP contribution in [0.5, 0.6) is 0 Å². The van der Waals surface area contributed by atoms with Crippen LogP contribution in [0.2, 0.25) is 0 Å². The molecule has 1 aromatic heterocycles. The van der Waals surface area contributed by atoms with Gasteiger partial charge in [0.2, 0.25) is 0 Å². The van der Waals surface area contributed by atoms with Crippen LogP contribution in [0.3, 0.4) is 0 Å². The smallest absolute Gasteiger partial charge is 0.253 e. The summed E-state index contributed by atoms with van der Waals surface area (Å²) in [7, 11) is 1.82. The molecule has 2 aromatic rings. The van der Waals surface area contributed by atoms with Gasteiger partial charge in [0.25, 0.3) is 5.91 Å². The lowest BCUT2D eigenvalue weighted by Crippen LogP contribution is -2.28. The van der Waals surface area contributed by atoms with E-state index in [1.807, 2.05) is 56.4 Å². The monoisotopic (exact) mass is 254 g/mol. The number of hydrogen-bond donors (Lipinski definition) is 0. The summed E-state index contributed by atoms with van der Waals surface area (Å²) in [6.07, 6.45) is 2.55.